The van der Waals surface area contributed by atoms with Crippen LogP contribution in [0, 0.1) is 6.92 Å². The Bertz CT molecular complexity index is 1150. The van der Waals surface area contributed by atoms with E-state index in [1.807, 2.05) is 0 Å². The second kappa shape index (κ2) is 9.15. The number of aryl methyl sites for hydroxylation is 1. The molecule has 3 rings (SSSR count). The minimum absolute atomic E-state index is 0.0411. The van der Waals surface area contributed by atoms with Crippen LogP contribution in [-0.4, -0.2) is 50.2 Å². The van der Waals surface area contributed by atoms with E-state index in [-0.39, 0.29) is 53.0 Å². The summed E-state index contributed by atoms with van der Waals surface area (Å²) >= 11 is 1.05. The number of fused-ring (bicyclic) bond motifs is 1. The van der Waals surface area contributed by atoms with Gasteiger partial charge in [0.1, 0.15) is 10.7 Å². The molecule has 166 valence electrons. The van der Waals surface area contributed by atoms with Gasteiger partial charge in [-0.25, -0.2) is 23.0 Å². The molecule has 0 radical (unpaired) electrons. The third-order valence-electron chi connectivity index (χ3n) is 4.63. The number of ether oxygens (including phenoxy) is 2. The van der Waals surface area contributed by atoms with Crippen molar-refractivity contribution in [3.63, 3.8) is 0 Å². The van der Waals surface area contributed by atoms with Gasteiger partial charge in [0.2, 0.25) is 0 Å². The summed E-state index contributed by atoms with van der Waals surface area (Å²) in [6.07, 6.45) is 0.184. The fourth-order valence-corrected chi connectivity index (χ4v) is 6.24. The summed E-state index contributed by atoms with van der Waals surface area (Å²) in [6.45, 7) is 5.30. The second-order valence-electron chi connectivity index (χ2n) is 6.77. The van der Waals surface area contributed by atoms with Crippen molar-refractivity contribution in [2.45, 2.75) is 32.9 Å². The highest BCUT2D eigenvalue weighted by atomic mass is 32.2. The molecule has 0 atom stereocenters. The Morgan fingerprint density at radius 3 is 2.45 bits per heavy atom. The number of aromatic nitrogens is 1. The second-order valence-corrected chi connectivity index (χ2v) is 10.1. The summed E-state index contributed by atoms with van der Waals surface area (Å²) in [6, 6.07) is 2.84. The fourth-order valence-electron chi connectivity index (χ4n) is 3.21. The van der Waals surface area contributed by atoms with Crippen LogP contribution in [0.3, 0.4) is 0 Å². The number of nitrogens with one attached hydrogen (secondary N) is 1. The Hall–Kier alpha value is -2.79. The summed E-state index contributed by atoms with van der Waals surface area (Å²) < 4.78 is 34.1. The first-order valence-corrected chi connectivity index (χ1v) is 12.3. The van der Waals surface area contributed by atoms with Crippen molar-refractivity contribution < 1.29 is 32.3 Å². The van der Waals surface area contributed by atoms with Gasteiger partial charge in [0.25, 0.3) is 5.91 Å². The normalized spacial score (nSPS) is 14.4. The molecule has 0 unspecified atom stereocenters. The Balaban J connectivity index is 1.92. The molecule has 1 aliphatic rings. The number of sulfone groups is 1. The number of hydrogen-bond acceptors (Lipinski definition) is 9. The number of hydrogen-bond donors (Lipinski definition) is 1. The van der Waals surface area contributed by atoms with Crippen molar-refractivity contribution in [3.8, 4) is 0 Å². The molecule has 0 saturated carbocycles. The summed E-state index contributed by atoms with van der Waals surface area (Å²) in [5.74, 6) is -1.98. The monoisotopic (exact) mass is 466 g/mol. The Morgan fingerprint density at radius 2 is 1.81 bits per heavy atom. The average Bonchev–Trinajstić information content (AvgIpc) is 3.03. The standard InChI is InChI=1S/C20H22N2O7S2/c1-4-28-19(24)12-6-7-14(21-11(12)3)17(23)22-18-16(20(25)29-5-2)13-8-9-31(26,27)10-15(13)30-18/h6-7H,4-5,8-10H2,1-3H3,(H,22,23). The average molecular weight is 467 g/mol. The SMILES string of the molecule is CCOC(=O)c1ccc(C(=O)Nc2sc3c(c2C(=O)OCC)CCS(=O)(=O)C3)nc1C. The van der Waals surface area contributed by atoms with E-state index in [2.05, 4.69) is 10.3 Å². The Kier molecular flexibility index (Phi) is 6.75. The maximum absolute atomic E-state index is 12.8. The van der Waals surface area contributed by atoms with Crippen molar-refractivity contribution in [2.24, 2.45) is 0 Å². The lowest BCUT2D eigenvalue weighted by atomic mass is 10.1. The molecule has 0 fully saturated rings. The zero-order chi connectivity index (χ0) is 22.8. The van der Waals surface area contributed by atoms with Crippen molar-refractivity contribution >= 4 is 44.0 Å². The number of carbonyl (C=O) groups excluding carboxylic acids is 3. The molecule has 31 heavy (non-hydrogen) atoms. The van der Waals surface area contributed by atoms with Crippen molar-refractivity contribution in [1.29, 1.82) is 0 Å². The van der Waals surface area contributed by atoms with E-state index in [9.17, 15) is 22.8 Å². The molecule has 2 aromatic rings. The fraction of sp³-hybridized carbons (Fsp3) is 0.400. The molecule has 0 aromatic carbocycles. The molecule has 3 heterocycles. The lowest BCUT2D eigenvalue weighted by Gasteiger charge is -2.13. The molecule has 2 aromatic heterocycles. The maximum Gasteiger partial charge on any atom is 0.341 e. The molecule has 0 spiro atoms. The first-order valence-electron chi connectivity index (χ1n) is 9.65. The van der Waals surface area contributed by atoms with Crippen LogP contribution in [0.25, 0.3) is 0 Å². The van der Waals surface area contributed by atoms with E-state index < -0.39 is 27.7 Å². The molecule has 1 amide bonds. The number of nitrogens with zero attached hydrogens (tertiary/aromatic N) is 1. The highest BCUT2D eigenvalue weighted by Gasteiger charge is 2.32. The van der Waals surface area contributed by atoms with E-state index in [0.29, 0.717) is 16.1 Å². The molecule has 1 N–H and O–H groups in total. The van der Waals surface area contributed by atoms with E-state index in [1.165, 1.54) is 12.1 Å². The van der Waals surface area contributed by atoms with Crippen LogP contribution in [0.5, 0.6) is 0 Å². The predicted molar refractivity (Wildman–Crippen MR) is 114 cm³/mol. The predicted octanol–water partition coefficient (Wildman–Crippen LogP) is 2.53. The van der Waals surface area contributed by atoms with Crippen LogP contribution in [-0.2, 0) is 31.5 Å². The van der Waals surface area contributed by atoms with Crippen molar-refractivity contribution in [1.82, 2.24) is 4.98 Å². The van der Waals surface area contributed by atoms with Crippen LogP contribution in [0.1, 0.15) is 61.2 Å². The lowest BCUT2D eigenvalue weighted by molar-refractivity contribution is 0.0516. The first-order chi connectivity index (χ1) is 14.7. The third kappa shape index (κ3) is 4.93. The van der Waals surface area contributed by atoms with Crippen LogP contribution in [0.2, 0.25) is 0 Å². The van der Waals surface area contributed by atoms with Gasteiger partial charge in [-0.3, -0.25) is 4.79 Å². The topological polar surface area (TPSA) is 129 Å². The van der Waals surface area contributed by atoms with Gasteiger partial charge in [-0.05, 0) is 44.9 Å². The number of esters is 2. The van der Waals surface area contributed by atoms with Gasteiger partial charge < -0.3 is 14.8 Å². The van der Waals surface area contributed by atoms with Crippen molar-refractivity contribution in [3.05, 3.63) is 45.1 Å². The largest absolute Gasteiger partial charge is 0.462 e. The molecule has 1 aliphatic heterocycles. The van der Waals surface area contributed by atoms with E-state index >= 15 is 0 Å². The zero-order valence-corrected chi connectivity index (χ0v) is 18.9. The van der Waals surface area contributed by atoms with Crippen LogP contribution in [0.15, 0.2) is 12.1 Å². The van der Waals surface area contributed by atoms with E-state index in [0.717, 1.165) is 11.3 Å². The van der Waals surface area contributed by atoms with Crippen molar-refractivity contribution in [2.75, 3.05) is 24.3 Å². The lowest BCUT2D eigenvalue weighted by Crippen LogP contribution is -2.20. The van der Waals surface area contributed by atoms with Gasteiger partial charge in [0.05, 0.1) is 41.5 Å². The van der Waals surface area contributed by atoms with E-state index in [1.54, 1.807) is 20.8 Å². The van der Waals surface area contributed by atoms with E-state index in [4.69, 9.17) is 9.47 Å². The minimum atomic E-state index is -3.25. The Labute approximate surface area is 183 Å². The maximum atomic E-state index is 12.8. The number of thiophene rings is 1. The summed E-state index contributed by atoms with van der Waals surface area (Å²) in [5.41, 5.74) is 1.40. The van der Waals surface area contributed by atoms with Crippen LogP contribution >= 0.6 is 11.3 Å². The van der Waals surface area contributed by atoms with Gasteiger partial charge >= 0.3 is 11.9 Å². The van der Waals surface area contributed by atoms with Gasteiger partial charge in [-0.15, -0.1) is 11.3 Å². The summed E-state index contributed by atoms with van der Waals surface area (Å²) in [5, 5.41) is 2.88. The number of carbonyl (C=O) groups is 3. The molecule has 0 aliphatic carbocycles. The summed E-state index contributed by atoms with van der Waals surface area (Å²) in [7, 11) is -3.25. The van der Waals surface area contributed by atoms with Gasteiger partial charge in [0, 0.05) is 4.88 Å². The minimum Gasteiger partial charge on any atom is -0.462 e. The molecule has 9 nitrogen and oxygen atoms in total. The highest BCUT2D eigenvalue weighted by Crippen LogP contribution is 2.38. The Morgan fingerprint density at radius 1 is 1.13 bits per heavy atom. The molecular formula is C20H22N2O7S2. The summed E-state index contributed by atoms with van der Waals surface area (Å²) in [4.78, 5) is 41.9. The number of amides is 1. The smallest absolute Gasteiger partial charge is 0.341 e. The molecule has 0 bridgehead atoms. The third-order valence-corrected chi connectivity index (χ3v) is 7.51. The van der Waals surface area contributed by atoms with Crippen LogP contribution in [0.4, 0.5) is 5.00 Å². The van der Waals surface area contributed by atoms with Crippen LogP contribution < -0.4 is 5.32 Å². The first kappa shape index (κ1) is 22.9. The van der Waals surface area contributed by atoms with Gasteiger partial charge in [0.15, 0.2) is 9.84 Å². The van der Waals surface area contributed by atoms with Gasteiger partial charge in [-0.1, -0.05) is 0 Å². The van der Waals surface area contributed by atoms with Gasteiger partial charge in [-0.2, -0.15) is 0 Å². The molecular weight excluding hydrogens is 444 g/mol. The quantitative estimate of drug-likeness (QED) is 0.643. The highest BCUT2D eigenvalue weighted by molar-refractivity contribution is 7.90. The molecule has 11 heteroatoms. The number of anilines is 1. The number of rotatable bonds is 6. The number of pyridine rings is 1. The zero-order valence-electron chi connectivity index (χ0n) is 17.3. The molecule has 0 saturated heterocycles.